The molecule has 1 aromatic heterocycles. The van der Waals surface area contributed by atoms with E-state index in [-0.39, 0.29) is 0 Å². The molecule has 0 saturated carbocycles. The Morgan fingerprint density at radius 2 is 2.06 bits per heavy atom. The number of carbonyl (C=O) groups is 1. The van der Waals surface area contributed by atoms with Crippen LogP contribution >= 0.6 is 0 Å². The molecule has 4 heteroatoms. The first-order valence-electron chi connectivity index (χ1n) is 5.75. The molecule has 1 N–H and O–H groups in total. The lowest BCUT2D eigenvalue weighted by molar-refractivity contribution is 0.0696. The minimum atomic E-state index is -0.916. The summed E-state index contributed by atoms with van der Waals surface area (Å²) in [7, 11) is 1.92. The maximum absolute atomic E-state index is 11.3. The number of aromatic carboxylic acids is 1. The predicted octanol–water partition coefficient (Wildman–Crippen LogP) is 2.49. The van der Waals surface area contributed by atoms with Crippen LogP contribution in [0.15, 0.2) is 6.07 Å². The number of hydrogen-bond acceptors (Lipinski definition) is 3. The van der Waals surface area contributed by atoms with Crippen molar-refractivity contribution in [3.05, 3.63) is 23.0 Å². The van der Waals surface area contributed by atoms with E-state index in [1.54, 1.807) is 6.92 Å². The summed E-state index contributed by atoms with van der Waals surface area (Å²) in [6.45, 7) is 8.66. The van der Waals surface area contributed by atoms with Crippen LogP contribution in [-0.2, 0) is 0 Å². The largest absolute Gasteiger partial charge is 0.478 e. The summed E-state index contributed by atoms with van der Waals surface area (Å²) in [4.78, 5) is 17.5. The number of anilines is 1. The molecule has 0 aliphatic heterocycles. The minimum absolute atomic E-state index is 0.304. The second kappa shape index (κ2) is 5.17. The summed E-state index contributed by atoms with van der Waals surface area (Å²) in [5.41, 5.74) is 2.47. The quantitative estimate of drug-likeness (QED) is 0.872. The first-order valence-corrected chi connectivity index (χ1v) is 5.75. The lowest BCUT2D eigenvalue weighted by Crippen LogP contribution is -2.25. The van der Waals surface area contributed by atoms with Crippen molar-refractivity contribution in [2.75, 3.05) is 18.5 Å². The van der Waals surface area contributed by atoms with Crippen molar-refractivity contribution in [3.63, 3.8) is 0 Å². The van der Waals surface area contributed by atoms with Gasteiger partial charge in [-0.05, 0) is 25.8 Å². The topological polar surface area (TPSA) is 53.4 Å². The number of aromatic nitrogens is 1. The number of pyridine rings is 1. The average molecular weight is 236 g/mol. The second-order valence-corrected chi connectivity index (χ2v) is 4.82. The van der Waals surface area contributed by atoms with E-state index in [1.165, 1.54) is 0 Å². The van der Waals surface area contributed by atoms with Gasteiger partial charge in [-0.2, -0.15) is 0 Å². The molecule has 4 nitrogen and oxygen atoms in total. The van der Waals surface area contributed by atoms with Gasteiger partial charge < -0.3 is 10.0 Å². The van der Waals surface area contributed by atoms with E-state index in [1.807, 2.05) is 24.9 Å². The fraction of sp³-hybridized carbons (Fsp3) is 0.538. The van der Waals surface area contributed by atoms with E-state index in [0.29, 0.717) is 17.2 Å². The number of nitrogens with zero attached hydrogens (tertiary/aromatic N) is 2. The van der Waals surface area contributed by atoms with E-state index in [4.69, 9.17) is 0 Å². The van der Waals surface area contributed by atoms with Crippen LogP contribution in [0.2, 0.25) is 0 Å². The van der Waals surface area contributed by atoms with Gasteiger partial charge in [0.2, 0.25) is 0 Å². The molecule has 0 fully saturated rings. The Bertz CT molecular complexity index is 428. The van der Waals surface area contributed by atoms with Gasteiger partial charge in [0.1, 0.15) is 5.56 Å². The zero-order valence-electron chi connectivity index (χ0n) is 11.1. The van der Waals surface area contributed by atoms with Gasteiger partial charge in [-0.25, -0.2) is 4.79 Å². The van der Waals surface area contributed by atoms with Crippen LogP contribution in [0.1, 0.15) is 35.6 Å². The van der Waals surface area contributed by atoms with Crippen molar-refractivity contribution < 1.29 is 9.90 Å². The first kappa shape index (κ1) is 13.5. The highest BCUT2D eigenvalue weighted by Gasteiger charge is 2.18. The molecule has 0 aliphatic rings. The minimum Gasteiger partial charge on any atom is -0.478 e. The Morgan fingerprint density at radius 1 is 1.47 bits per heavy atom. The van der Waals surface area contributed by atoms with Gasteiger partial charge in [-0.3, -0.25) is 4.98 Å². The normalized spacial score (nSPS) is 10.7. The van der Waals surface area contributed by atoms with Crippen molar-refractivity contribution in [3.8, 4) is 0 Å². The summed E-state index contributed by atoms with van der Waals surface area (Å²) < 4.78 is 0. The van der Waals surface area contributed by atoms with Crippen LogP contribution in [0.4, 0.5) is 5.69 Å². The highest BCUT2D eigenvalue weighted by molar-refractivity contribution is 5.95. The Kier molecular flexibility index (Phi) is 4.10. The highest BCUT2D eigenvalue weighted by atomic mass is 16.4. The number of carboxylic acids is 1. The fourth-order valence-electron chi connectivity index (χ4n) is 2.02. The van der Waals surface area contributed by atoms with E-state index >= 15 is 0 Å². The third-order valence-corrected chi connectivity index (χ3v) is 2.57. The molecule has 0 unspecified atom stereocenters. The van der Waals surface area contributed by atoms with Gasteiger partial charge in [0.25, 0.3) is 0 Å². The van der Waals surface area contributed by atoms with Crippen molar-refractivity contribution in [2.24, 2.45) is 5.92 Å². The molecule has 17 heavy (non-hydrogen) atoms. The van der Waals surface area contributed by atoms with Gasteiger partial charge >= 0.3 is 5.97 Å². The molecule has 0 saturated heterocycles. The zero-order chi connectivity index (χ0) is 13.2. The SMILES string of the molecule is Cc1cc(N(C)CC(C)C)c(C(=O)O)c(C)n1. The van der Waals surface area contributed by atoms with Crippen molar-refractivity contribution in [1.29, 1.82) is 0 Å². The predicted molar refractivity (Wildman–Crippen MR) is 68.8 cm³/mol. The number of carboxylic acid groups (broad SMARTS) is 1. The average Bonchev–Trinajstić information content (AvgIpc) is 2.14. The number of rotatable bonds is 4. The molecule has 0 aromatic carbocycles. The molecule has 0 atom stereocenters. The summed E-state index contributed by atoms with van der Waals surface area (Å²) in [5, 5.41) is 9.25. The molecule has 94 valence electrons. The monoisotopic (exact) mass is 236 g/mol. The van der Waals surface area contributed by atoms with E-state index in [0.717, 1.165) is 17.9 Å². The molecule has 0 radical (unpaired) electrons. The van der Waals surface area contributed by atoms with Gasteiger partial charge in [0.05, 0.1) is 11.4 Å². The molecule has 0 bridgehead atoms. The van der Waals surface area contributed by atoms with Gasteiger partial charge in [0.15, 0.2) is 0 Å². The molecular formula is C13H20N2O2. The molecule has 0 spiro atoms. The lowest BCUT2D eigenvalue weighted by Gasteiger charge is -2.24. The maximum atomic E-state index is 11.3. The lowest BCUT2D eigenvalue weighted by atomic mass is 10.1. The Morgan fingerprint density at radius 3 is 2.53 bits per heavy atom. The highest BCUT2D eigenvalue weighted by Crippen LogP contribution is 2.23. The Hall–Kier alpha value is -1.58. The number of aryl methyl sites for hydroxylation is 2. The van der Waals surface area contributed by atoms with E-state index in [9.17, 15) is 9.90 Å². The van der Waals surface area contributed by atoms with Crippen LogP contribution in [0.25, 0.3) is 0 Å². The summed E-state index contributed by atoms with van der Waals surface area (Å²) in [5.74, 6) is -0.434. The van der Waals surface area contributed by atoms with Crippen LogP contribution in [0, 0.1) is 19.8 Å². The van der Waals surface area contributed by atoms with Crippen molar-refractivity contribution in [2.45, 2.75) is 27.7 Å². The molecular weight excluding hydrogens is 216 g/mol. The summed E-state index contributed by atoms with van der Waals surface area (Å²) in [6, 6.07) is 1.83. The van der Waals surface area contributed by atoms with E-state index in [2.05, 4.69) is 18.8 Å². The summed E-state index contributed by atoms with van der Waals surface area (Å²) in [6.07, 6.45) is 0. The van der Waals surface area contributed by atoms with Crippen LogP contribution in [0.5, 0.6) is 0 Å². The maximum Gasteiger partial charge on any atom is 0.339 e. The van der Waals surface area contributed by atoms with Crippen LogP contribution in [0.3, 0.4) is 0 Å². The zero-order valence-corrected chi connectivity index (χ0v) is 11.1. The number of hydrogen-bond donors (Lipinski definition) is 1. The molecule has 0 amide bonds. The van der Waals surface area contributed by atoms with Gasteiger partial charge in [0, 0.05) is 19.3 Å². The first-order chi connectivity index (χ1) is 7.82. The van der Waals surface area contributed by atoms with Crippen LogP contribution < -0.4 is 4.90 Å². The second-order valence-electron chi connectivity index (χ2n) is 4.82. The third-order valence-electron chi connectivity index (χ3n) is 2.57. The standard InChI is InChI=1S/C13H20N2O2/c1-8(2)7-15(5)11-6-9(3)14-10(4)12(11)13(16)17/h6,8H,7H2,1-5H3,(H,16,17). The van der Waals surface area contributed by atoms with Gasteiger partial charge in [-0.15, -0.1) is 0 Å². The van der Waals surface area contributed by atoms with Crippen molar-refractivity contribution in [1.82, 2.24) is 4.98 Å². The van der Waals surface area contributed by atoms with Crippen molar-refractivity contribution >= 4 is 11.7 Å². The van der Waals surface area contributed by atoms with Crippen LogP contribution in [-0.4, -0.2) is 29.7 Å². The Labute approximate surface area is 102 Å². The molecule has 1 rings (SSSR count). The van der Waals surface area contributed by atoms with E-state index < -0.39 is 5.97 Å². The van der Waals surface area contributed by atoms with Gasteiger partial charge in [-0.1, -0.05) is 13.8 Å². The third kappa shape index (κ3) is 3.19. The fourth-order valence-corrected chi connectivity index (χ4v) is 2.02. The molecule has 1 aromatic rings. The Balaban J connectivity index is 3.25. The smallest absolute Gasteiger partial charge is 0.339 e. The molecule has 0 aliphatic carbocycles. The molecule has 1 heterocycles. The summed E-state index contributed by atoms with van der Waals surface area (Å²) >= 11 is 0.